The molecule has 1 saturated carbocycles. The average molecular weight is 329 g/mol. The van der Waals surface area contributed by atoms with Gasteiger partial charge in [-0.05, 0) is 25.0 Å². The molecule has 6 nitrogen and oxygen atoms in total. The van der Waals surface area contributed by atoms with Gasteiger partial charge in [-0.15, -0.1) is 0 Å². The number of hydrogen-bond donors (Lipinski definition) is 2. The third kappa shape index (κ3) is 3.41. The molecule has 1 aromatic heterocycles. The monoisotopic (exact) mass is 329 g/mol. The number of ether oxygens (including phenoxy) is 1. The summed E-state index contributed by atoms with van der Waals surface area (Å²) < 4.78 is 19.5. The molecule has 1 aliphatic heterocycles. The zero-order valence-corrected chi connectivity index (χ0v) is 13.3. The highest BCUT2D eigenvalue weighted by Gasteiger charge is 2.22. The van der Waals surface area contributed by atoms with Crippen LogP contribution in [-0.2, 0) is 4.74 Å². The van der Waals surface area contributed by atoms with Crippen molar-refractivity contribution in [2.75, 3.05) is 41.8 Å². The Morgan fingerprint density at radius 3 is 2.75 bits per heavy atom. The highest BCUT2D eigenvalue weighted by Crippen LogP contribution is 2.30. The quantitative estimate of drug-likeness (QED) is 0.879. The van der Waals surface area contributed by atoms with E-state index >= 15 is 0 Å². The van der Waals surface area contributed by atoms with Crippen LogP contribution in [0.1, 0.15) is 12.8 Å². The van der Waals surface area contributed by atoms with Crippen LogP contribution in [0.5, 0.6) is 0 Å². The Hall–Kier alpha value is -2.41. The van der Waals surface area contributed by atoms with Crippen molar-refractivity contribution in [1.29, 1.82) is 0 Å². The van der Waals surface area contributed by atoms with Gasteiger partial charge in [-0.3, -0.25) is 0 Å². The number of anilines is 4. The number of nitrogens with zero attached hydrogens (tertiary/aromatic N) is 3. The third-order valence-electron chi connectivity index (χ3n) is 4.16. The highest BCUT2D eigenvalue weighted by atomic mass is 19.1. The highest BCUT2D eigenvalue weighted by molar-refractivity contribution is 5.74. The van der Waals surface area contributed by atoms with Crippen LogP contribution in [-0.4, -0.2) is 42.3 Å². The molecule has 2 fully saturated rings. The number of benzene rings is 1. The molecule has 24 heavy (non-hydrogen) atoms. The van der Waals surface area contributed by atoms with Gasteiger partial charge in [0.15, 0.2) is 11.6 Å². The molecule has 0 bridgehead atoms. The van der Waals surface area contributed by atoms with Gasteiger partial charge in [-0.1, -0.05) is 12.1 Å². The molecule has 126 valence electrons. The van der Waals surface area contributed by atoms with Gasteiger partial charge in [0.1, 0.15) is 0 Å². The van der Waals surface area contributed by atoms with Crippen molar-refractivity contribution in [1.82, 2.24) is 9.97 Å². The number of rotatable bonds is 5. The summed E-state index contributed by atoms with van der Waals surface area (Å²) in [4.78, 5) is 10.5. The lowest BCUT2D eigenvalue weighted by Crippen LogP contribution is -2.36. The average Bonchev–Trinajstić information content (AvgIpc) is 3.43. The minimum atomic E-state index is -0.465. The fourth-order valence-corrected chi connectivity index (χ4v) is 2.72. The minimum absolute atomic E-state index is 0.189. The number of para-hydroxylation sites is 2. The second kappa shape index (κ2) is 6.60. The first kappa shape index (κ1) is 15.1. The van der Waals surface area contributed by atoms with Gasteiger partial charge < -0.3 is 20.3 Å². The summed E-state index contributed by atoms with van der Waals surface area (Å²) in [5, 5.41) is 6.31. The van der Waals surface area contributed by atoms with Gasteiger partial charge >= 0.3 is 0 Å². The molecule has 2 aliphatic rings. The van der Waals surface area contributed by atoms with Crippen LogP contribution in [0.4, 0.5) is 27.5 Å². The number of aromatic nitrogens is 2. The van der Waals surface area contributed by atoms with E-state index in [0.717, 1.165) is 37.3 Å². The maximum Gasteiger partial charge on any atom is 0.225 e. The first-order valence-electron chi connectivity index (χ1n) is 8.27. The van der Waals surface area contributed by atoms with Gasteiger partial charge in [0.05, 0.1) is 30.8 Å². The Balaban J connectivity index is 1.58. The fourth-order valence-electron chi connectivity index (χ4n) is 2.72. The summed E-state index contributed by atoms with van der Waals surface area (Å²) in [6.45, 7) is 3.04. The van der Waals surface area contributed by atoms with Crippen molar-refractivity contribution in [3.05, 3.63) is 36.3 Å². The van der Waals surface area contributed by atoms with Crippen molar-refractivity contribution in [3.63, 3.8) is 0 Å². The molecule has 2 heterocycles. The minimum Gasteiger partial charge on any atom is -0.378 e. The molecule has 0 atom stereocenters. The van der Waals surface area contributed by atoms with E-state index in [-0.39, 0.29) is 5.82 Å². The predicted molar refractivity (Wildman–Crippen MR) is 91.4 cm³/mol. The Morgan fingerprint density at radius 1 is 1.17 bits per heavy atom. The summed E-state index contributed by atoms with van der Waals surface area (Å²) in [6.07, 6.45) is 3.43. The van der Waals surface area contributed by atoms with Crippen LogP contribution in [0.25, 0.3) is 0 Å². The maximum absolute atomic E-state index is 14.1. The van der Waals surface area contributed by atoms with Gasteiger partial charge in [-0.25, -0.2) is 9.37 Å². The van der Waals surface area contributed by atoms with Crippen molar-refractivity contribution in [2.45, 2.75) is 18.9 Å². The summed E-state index contributed by atoms with van der Waals surface area (Å²) in [5.41, 5.74) is 1.85. The maximum atomic E-state index is 14.1. The molecule has 7 heteroatoms. The van der Waals surface area contributed by atoms with Crippen LogP contribution in [0.15, 0.2) is 30.5 Å². The molecule has 0 amide bonds. The first-order chi connectivity index (χ1) is 11.8. The molecule has 0 radical (unpaired) electrons. The molecule has 4 rings (SSSR count). The Morgan fingerprint density at radius 2 is 1.96 bits per heavy atom. The fraction of sp³-hybridized carbons (Fsp3) is 0.412. The van der Waals surface area contributed by atoms with E-state index in [4.69, 9.17) is 4.74 Å². The van der Waals surface area contributed by atoms with Gasteiger partial charge in [0.25, 0.3) is 0 Å². The summed E-state index contributed by atoms with van der Waals surface area (Å²) in [5.74, 6) is 0.187. The number of halogens is 1. The standard InChI is InChI=1S/C17H20FN5O/c18-13-11-19-17(20-12-5-6-12)22-16(13)21-14-3-1-2-4-15(14)23-7-9-24-10-8-23/h1-4,11-12H,5-10H2,(H2,19,20,21,22). The van der Waals surface area contributed by atoms with E-state index in [1.165, 1.54) is 6.20 Å². The summed E-state index contributed by atoms with van der Waals surface area (Å²) in [7, 11) is 0. The smallest absolute Gasteiger partial charge is 0.225 e. The van der Waals surface area contributed by atoms with E-state index in [0.29, 0.717) is 25.2 Å². The molecule has 2 N–H and O–H groups in total. The zero-order valence-electron chi connectivity index (χ0n) is 13.3. The predicted octanol–water partition coefficient (Wildman–Crippen LogP) is 2.77. The van der Waals surface area contributed by atoms with E-state index in [1.54, 1.807) is 0 Å². The third-order valence-corrected chi connectivity index (χ3v) is 4.16. The molecular weight excluding hydrogens is 309 g/mol. The Kier molecular flexibility index (Phi) is 4.17. The molecule has 2 aromatic rings. The van der Waals surface area contributed by atoms with Crippen LogP contribution < -0.4 is 15.5 Å². The summed E-state index contributed by atoms with van der Waals surface area (Å²) in [6, 6.07) is 8.28. The normalized spacial score (nSPS) is 17.6. The van der Waals surface area contributed by atoms with Crippen molar-refractivity contribution in [3.8, 4) is 0 Å². The van der Waals surface area contributed by atoms with E-state index in [2.05, 4.69) is 25.5 Å². The topological polar surface area (TPSA) is 62.3 Å². The van der Waals surface area contributed by atoms with Crippen LogP contribution >= 0.6 is 0 Å². The second-order valence-corrected chi connectivity index (χ2v) is 6.05. The lowest BCUT2D eigenvalue weighted by Gasteiger charge is -2.30. The van der Waals surface area contributed by atoms with E-state index in [1.807, 2.05) is 24.3 Å². The lowest BCUT2D eigenvalue weighted by atomic mass is 10.2. The van der Waals surface area contributed by atoms with Crippen LogP contribution in [0.2, 0.25) is 0 Å². The molecular formula is C17H20FN5O. The second-order valence-electron chi connectivity index (χ2n) is 6.05. The molecule has 1 aromatic carbocycles. The molecule has 0 spiro atoms. The zero-order chi connectivity index (χ0) is 16.4. The Labute approximate surface area is 140 Å². The van der Waals surface area contributed by atoms with Gasteiger partial charge in [0.2, 0.25) is 5.95 Å². The van der Waals surface area contributed by atoms with Gasteiger partial charge in [0, 0.05) is 19.1 Å². The lowest BCUT2D eigenvalue weighted by molar-refractivity contribution is 0.123. The summed E-state index contributed by atoms with van der Waals surface area (Å²) >= 11 is 0. The number of nitrogens with one attached hydrogen (secondary N) is 2. The molecule has 1 aliphatic carbocycles. The molecule has 1 saturated heterocycles. The van der Waals surface area contributed by atoms with Gasteiger partial charge in [-0.2, -0.15) is 4.98 Å². The number of morpholine rings is 1. The van der Waals surface area contributed by atoms with Crippen molar-refractivity contribution >= 4 is 23.1 Å². The SMILES string of the molecule is Fc1cnc(NC2CC2)nc1Nc1ccccc1N1CCOCC1. The first-order valence-corrected chi connectivity index (χ1v) is 8.27. The molecule has 0 unspecified atom stereocenters. The number of hydrogen-bond acceptors (Lipinski definition) is 6. The van der Waals surface area contributed by atoms with Crippen LogP contribution in [0, 0.1) is 5.82 Å². The van der Waals surface area contributed by atoms with E-state index in [9.17, 15) is 4.39 Å². The van der Waals surface area contributed by atoms with E-state index < -0.39 is 5.82 Å². The Bertz CT molecular complexity index is 716. The largest absolute Gasteiger partial charge is 0.378 e. The van der Waals surface area contributed by atoms with Crippen molar-refractivity contribution < 1.29 is 9.13 Å². The van der Waals surface area contributed by atoms with Crippen LogP contribution in [0.3, 0.4) is 0 Å². The van der Waals surface area contributed by atoms with Crippen molar-refractivity contribution in [2.24, 2.45) is 0 Å².